The number of rotatable bonds is 4. The van der Waals surface area contributed by atoms with E-state index in [1.54, 1.807) is 6.07 Å². The van der Waals surface area contributed by atoms with E-state index in [1.807, 2.05) is 6.92 Å². The van der Waals surface area contributed by atoms with Crippen molar-refractivity contribution >= 4 is 10.0 Å². The van der Waals surface area contributed by atoms with Crippen LogP contribution >= 0.6 is 0 Å². The lowest BCUT2D eigenvalue weighted by atomic mass is 10.2. The molecule has 1 aliphatic rings. The van der Waals surface area contributed by atoms with Crippen molar-refractivity contribution in [3.05, 3.63) is 18.2 Å². The third-order valence-electron chi connectivity index (χ3n) is 3.61. The summed E-state index contributed by atoms with van der Waals surface area (Å²) in [5, 5.41) is 7.78. The Bertz CT molecular complexity index is 713. The molecule has 0 aliphatic carbocycles. The first-order valence-corrected chi connectivity index (χ1v) is 8.56. The average molecular weight is 310 g/mol. The highest BCUT2D eigenvalue weighted by Crippen LogP contribution is 2.24. The van der Waals surface area contributed by atoms with E-state index in [2.05, 4.69) is 15.2 Å². The van der Waals surface area contributed by atoms with Gasteiger partial charge in [0.2, 0.25) is 15.9 Å². The molecule has 2 aromatic rings. The zero-order valence-electron chi connectivity index (χ0n) is 11.9. The van der Waals surface area contributed by atoms with E-state index in [4.69, 9.17) is 4.42 Å². The molecule has 1 N–H and O–H groups in total. The molecule has 7 nitrogen and oxygen atoms in total. The van der Waals surface area contributed by atoms with Gasteiger partial charge in [-0.3, -0.25) is 0 Å². The van der Waals surface area contributed by atoms with Gasteiger partial charge in [-0.05, 0) is 18.9 Å². The highest BCUT2D eigenvalue weighted by Gasteiger charge is 2.27. The van der Waals surface area contributed by atoms with Crippen molar-refractivity contribution in [2.75, 3.05) is 13.1 Å². The quantitative estimate of drug-likeness (QED) is 0.929. The molecule has 0 spiro atoms. The Morgan fingerprint density at radius 1 is 1.29 bits per heavy atom. The minimum atomic E-state index is -3.44. The fourth-order valence-electron chi connectivity index (χ4n) is 2.41. The van der Waals surface area contributed by atoms with Crippen LogP contribution in [0.25, 0.3) is 11.6 Å². The first-order chi connectivity index (χ1) is 10.1. The molecule has 0 unspecified atom stereocenters. The summed E-state index contributed by atoms with van der Waals surface area (Å²) in [5.74, 6) is 0.840. The maximum Gasteiger partial charge on any atom is 0.264 e. The summed E-state index contributed by atoms with van der Waals surface area (Å²) >= 11 is 0. The van der Waals surface area contributed by atoms with Crippen LogP contribution in [0.3, 0.4) is 0 Å². The first kappa shape index (κ1) is 14.3. The van der Waals surface area contributed by atoms with Gasteiger partial charge in [0.15, 0.2) is 0 Å². The topological polar surface area (TPSA) is 92.1 Å². The standard InChI is InChI=1S/C13H18N4O3S/c1-2-12-15-16-13(20-12)11-8-10(9-14-11)21(18,19)17-6-4-3-5-7-17/h8-9,14H,2-7H2,1H3. The summed E-state index contributed by atoms with van der Waals surface area (Å²) in [6, 6.07) is 1.55. The summed E-state index contributed by atoms with van der Waals surface area (Å²) < 4.78 is 32.0. The van der Waals surface area contributed by atoms with Gasteiger partial charge in [-0.2, -0.15) is 4.31 Å². The number of H-pyrrole nitrogens is 1. The number of hydrogen-bond acceptors (Lipinski definition) is 5. The predicted octanol–water partition coefficient (Wildman–Crippen LogP) is 1.80. The molecule has 3 heterocycles. The molecular weight excluding hydrogens is 292 g/mol. The fraction of sp³-hybridized carbons (Fsp3) is 0.538. The van der Waals surface area contributed by atoms with Gasteiger partial charge in [0.1, 0.15) is 10.6 Å². The number of aromatic amines is 1. The van der Waals surface area contributed by atoms with E-state index in [-0.39, 0.29) is 4.90 Å². The van der Waals surface area contributed by atoms with Gasteiger partial charge in [-0.15, -0.1) is 10.2 Å². The van der Waals surface area contributed by atoms with Gasteiger partial charge in [-0.1, -0.05) is 13.3 Å². The second-order valence-electron chi connectivity index (χ2n) is 5.07. The van der Waals surface area contributed by atoms with Crippen molar-refractivity contribution in [1.29, 1.82) is 0 Å². The largest absolute Gasteiger partial charge is 0.419 e. The molecule has 2 aromatic heterocycles. The summed E-state index contributed by atoms with van der Waals surface area (Å²) in [4.78, 5) is 3.15. The molecule has 0 amide bonds. The Morgan fingerprint density at radius 3 is 2.71 bits per heavy atom. The number of hydrogen-bond donors (Lipinski definition) is 1. The van der Waals surface area contributed by atoms with Crippen LogP contribution in [0, 0.1) is 0 Å². The molecular formula is C13H18N4O3S. The Kier molecular flexibility index (Phi) is 3.81. The van der Waals surface area contributed by atoms with Crippen LogP contribution in [-0.2, 0) is 16.4 Å². The molecule has 114 valence electrons. The van der Waals surface area contributed by atoms with Gasteiger partial charge in [0, 0.05) is 25.7 Å². The Hall–Kier alpha value is -1.67. The second-order valence-corrected chi connectivity index (χ2v) is 7.01. The van der Waals surface area contributed by atoms with Crippen molar-refractivity contribution in [2.24, 2.45) is 0 Å². The lowest BCUT2D eigenvalue weighted by molar-refractivity contribution is 0.346. The SMILES string of the molecule is CCc1nnc(-c2cc(S(=O)(=O)N3CCCCC3)c[nH]2)o1. The Labute approximate surface area is 123 Å². The number of nitrogens with one attached hydrogen (secondary N) is 1. The van der Waals surface area contributed by atoms with Crippen molar-refractivity contribution < 1.29 is 12.8 Å². The number of aromatic nitrogens is 3. The molecule has 21 heavy (non-hydrogen) atoms. The van der Waals surface area contributed by atoms with Gasteiger partial charge in [0.25, 0.3) is 5.89 Å². The van der Waals surface area contributed by atoms with E-state index < -0.39 is 10.0 Å². The van der Waals surface area contributed by atoms with Crippen molar-refractivity contribution in [2.45, 2.75) is 37.5 Å². The normalized spacial score (nSPS) is 17.2. The van der Waals surface area contributed by atoms with Crippen LogP contribution in [0.2, 0.25) is 0 Å². The molecule has 0 aromatic carbocycles. The van der Waals surface area contributed by atoms with E-state index in [0.717, 1.165) is 19.3 Å². The predicted molar refractivity (Wildman–Crippen MR) is 76.1 cm³/mol. The molecule has 0 bridgehead atoms. The lowest BCUT2D eigenvalue weighted by Crippen LogP contribution is -2.35. The van der Waals surface area contributed by atoms with Crippen LogP contribution < -0.4 is 0 Å². The molecule has 1 aliphatic heterocycles. The van der Waals surface area contributed by atoms with Crippen molar-refractivity contribution in [3.63, 3.8) is 0 Å². The van der Waals surface area contributed by atoms with E-state index in [0.29, 0.717) is 37.0 Å². The lowest BCUT2D eigenvalue weighted by Gasteiger charge is -2.25. The third kappa shape index (κ3) is 2.73. The van der Waals surface area contributed by atoms with Crippen LogP contribution in [0.15, 0.2) is 21.6 Å². The Morgan fingerprint density at radius 2 is 2.05 bits per heavy atom. The molecule has 0 atom stereocenters. The number of aryl methyl sites for hydroxylation is 1. The van der Waals surface area contributed by atoms with Gasteiger partial charge < -0.3 is 9.40 Å². The number of nitrogens with zero attached hydrogens (tertiary/aromatic N) is 3. The first-order valence-electron chi connectivity index (χ1n) is 7.12. The van der Waals surface area contributed by atoms with Gasteiger partial charge in [0.05, 0.1) is 0 Å². The van der Waals surface area contributed by atoms with Crippen LogP contribution in [0.5, 0.6) is 0 Å². The van der Waals surface area contributed by atoms with Crippen molar-refractivity contribution in [3.8, 4) is 11.6 Å². The van der Waals surface area contributed by atoms with E-state index >= 15 is 0 Å². The smallest absolute Gasteiger partial charge is 0.264 e. The number of sulfonamides is 1. The van der Waals surface area contributed by atoms with Crippen molar-refractivity contribution in [1.82, 2.24) is 19.5 Å². The molecule has 3 rings (SSSR count). The molecule has 1 saturated heterocycles. The zero-order chi connectivity index (χ0) is 14.9. The number of piperidine rings is 1. The monoisotopic (exact) mass is 310 g/mol. The van der Waals surface area contributed by atoms with Crippen LogP contribution in [0.4, 0.5) is 0 Å². The highest BCUT2D eigenvalue weighted by atomic mass is 32.2. The molecule has 0 radical (unpaired) electrons. The molecule has 0 saturated carbocycles. The minimum Gasteiger partial charge on any atom is -0.419 e. The summed E-state index contributed by atoms with van der Waals surface area (Å²) in [7, 11) is -3.44. The van der Waals surface area contributed by atoms with Crippen LogP contribution in [0.1, 0.15) is 32.1 Å². The zero-order valence-corrected chi connectivity index (χ0v) is 12.7. The summed E-state index contributed by atoms with van der Waals surface area (Å²) in [6.07, 6.45) is 5.05. The van der Waals surface area contributed by atoms with E-state index in [9.17, 15) is 8.42 Å². The van der Waals surface area contributed by atoms with Crippen LogP contribution in [-0.4, -0.2) is 41.0 Å². The summed E-state index contributed by atoms with van der Waals surface area (Å²) in [6.45, 7) is 3.09. The Balaban J connectivity index is 1.86. The van der Waals surface area contributed by atoms with E-state index in [1.165, 1.54) is 10.5 Å². The maximum atomic E-state index is 12.5. The second kappa shape index (κ2) is 5.61. The highest BCUT2D eigenvalue weighted by molar-refractivity contribution is 7.89. The average Bonchev–Trinajstić information content (AvgIpc) is 3.17. The van der Waals surface area contributed by atoms with Gasteiger partial charge in [-0.25, -0.2) is 8.42 Å². The summed E-state index contributed by atoms with van der Waals surface area (Å²) in [5.41, 5.74) is 0.526. The molecule has 8 heteroatoms. The minimum absolute atomic E-state index is 0.246. The molecule has 1 fully saturated rings. The maximum absolute atomic E-state index is 12.5. The fourth-order valence-corrected chi connectivity index (χ4v) is 3.92. The third-order valence-corrected chi connectivity index (χ3v) is 5.49. The van der Waals surface area contributed by atoms with Gasteiger partial charge >= 0.3 is 0 Å².